The normalized spacial score (nSPS) is 19.7. The summed E-state index contributed by atoms with van der Waals surface area (Å²) >= 11 is 0. The molecule has 1 fully saturated rings. The molecule has 0 aliphatic carbocycles. The number of methoxy groups -OCH3 is 2. The Hall–Kier alpha value is -1.30. The van der Waals surface area contributed by atoms with E-state index in [0.29, 0.717) is 12.0 Å². The average molecular weight is 336 g/mol. The maximum Gasteiger partial charge on any atom is 0.161 e. The molecular weight excluding hydrogens is 304 g/mol. The van der Waals surface area contributed by atoms with Crippen LogP contribution >= 0.6 is 0 Å². The highest BCUT2D eigenvalue weighted by Crippen LogP contribution is 2.28. The van der Waals surface area contributed by atoms with Crippen LogP contribution in [0.25, 0.3) is 0 Å². The first-order chi connectivity index (χ1) is 11.6. The molecule has 5 nitrogen and oxygen atoms in total. The minimum Gasteiger partial charge on any atom is -0.493 e. The van der Waals surface area contributed by atoms with E-state index in [1.165, 1.54) is 5.56 Å². The third kappa shape index (κ3) is 5.10. The predicted octanol–water partition coefficient (Wildman–Crippen LogP) is 2.23. The number of piperazine rings is 1. The van der Waals surface area contributed by atoms with Crippen LogP contribution in [-0.2, 0) is 6.54 Å². The monoisotopic (exact) mass is 336 g/mol. The van der Waals surface area contributed by atoms with Gasteiger partial charge in [0.15, 0.2) is 11.5 Å². The third-order valence-electron chi connectivity index (χ3n) is 4.60. The molecule has 1 heterocycles. The number of rotatable bonds is 8. The van der Waals surface area contributed by atoms with E-state index in [1.54, 1.807) is 14.2 Å². The largest absolute Gasteiger partial charge is 0.493 e. The lowest BCUT2D eigenvalue weighted by Gasteiger charge is -2.42. The van der Waals surface area contributed by atoms with E-state index in [4.69, 9.17) is 9.47 Å². The summed E-state index contributed by atoms with van der Waals surface area (Å²) in [6, 6.07) is 6.56. The molecule has 2 rings (SSSR count). The van der Waals surface area contributed by atoms with Crippen molar-refractivity contribution in [2.75, 3.05) is 47.0 Å². The van der Waals surface area contributed by atoms with Crippen LogP contribution in [0.1, 0.15) is 25.8 Å². The van der Waals surface area contributed by atoms with Crippen molar-refractivity contribution in [3.63, 3.8) is 0 Å². The van der Waals surface area contributed by atoms with Gasteiger partial charge in [-0.05, 0) is 30.0 Å². The van der Waals surface area contributed by atoms with Crippen molar-refractivity contribution >= 4 is 0 Å². The van der Waals surface area contributed by atoms with Crippen LogP contribution in [-0.4, -0.2) is 68.0 Å². The van der Waals surface area contributed by atoms with Crippen LogP contribution in [0.4, 0.5) is 0 Å². The molecule has 0 spiro atoms. The molecule has 1 aliphatic rings. The van der Waals surface area contributed by atoms with Crippen molar-refractivity contribution in [1.82, 2.24) is 9.80 Å². The summed E-state index contributed by atoms with van der Waals surface area (Å²) in [4.78, 5) is 5.00. The topological polar surface area (TPSA) is 45.2 Å². The number of hydrogen-bond acceptors (Lipinski definition) is 5. The number of aliphatic hydroxyl groups excluding tert-OH is 1. The van der Waals surface area contributed by atoms with Crippen LogP contribution < -0.4 is 9.47 Å². The van der Waals surface area contributed by atoms with Crippen LogP contribution in [0.5, 0.6) is 11.5 Å². The lowest BCUT2D eigenvalue weighted by Crippen LogP contribution is -2.53. The van der Waals surface area contributed by atoms with Crippen LogP contribution in [0.3, 0.4) is 0 Å². The highest BCUT2D eigenvalue weighted by atomic mass is 16.5. The Balaban J connectivity index is 2.00. The molecule has 0 bridgehead atoms. The third-order valence-corrected chi connectivity index (χ3v) is 4.60. The van der Waals surface area contributed by atoms with Gasteiger partial charge in [0.05, 0.1) is 14.2 Å². The van der Waals surface area contributed by atoms with E-state index in [0.717, 1.165) is 50.6 Å². The number of ether oxygens (including phenoxy) is 2. The van der Waals surface area contributed by atoms with Gasteiger partial charge in [-0.2, -0.15) is 0 Å². The number of benzene rings is 1. The molecule has 0 unspecified atom stereocenters. The van der Waals surface area contributed by atoms with Crippen molar-refractivity contribution < 1.29 is 14.6 Å². The summed E-state index contributed by atoms with van der Waals surface area (Å²) in [6.07, 6.45) is 0.842. The van der Waals surface area contributed by atoms with Crippen molar-refractivity contribution in [2.45, 2.75) is 32.9 Å². The summed E-state index contributed by atoms with van der Waals surface area (Å²) in [5.74, 6) is 2.20. The number of aliphatic hydroxyl groups is 1. The Morgan fingerprint density at radius 2 is 1.92 bits per heavy atom. The molecule has 5 heteroatoms. The lowest BCUT2D eigenvalue weighted by atomic mass is 10.1. The fourth-order valence-corrected chi connectivity index (χ4v) is 3.47. The first kappa shape index (κ1) is 19.0. The molecule has 0 aromatic heterocycles. The lowest BCUT2D eigenvalue weighted by molar-refractivity contribution is 0.0476. The van der Waals surface area contributed by atoms with E-state index in [1.807, 2.05) is 6.07 Å². The maximum absolute atomic E-state index is 9.40. The maximum atomic E-state index is 9.40. The first-order valence-electron chi connectivity index (χ1n) is 8.85. The quantitative estimate of drug-likeness (QED) is 0.789. The van der Waals surface area contributed by atoms with Gasteiger partial charge in [-0.25, -0.2) is 0 Å². The fourth-order valence-electron chi connectivity index (χ4n) is 3.47. The smallest absolute Gasteiger partial charge is 0.161 e. The minimum absolute atomic E-state index is 0.253. The second-order valence-corrected chi connectivity index (χ2v) is 6.98. The van der Waals surface area contributed by atoms with E-state index in [2.05, 4.69) is 35.8 Å². The van der Waals surface area contributed by atoms with Crippen molar-refractivity contribution in [1.29, 1.82) is 0 Å². The number of nitrogens with zero attached hydrogens (tertiary/aromatic N) is 2. The molecule has 0 saturated carbocycles. The standard InChI is InChI=1S/C19H32N2O3/c1-15(2)12-21-9-8-20(14-17(21)7-10-22)13-16-5-6-18(23-3)19(11-16)24-4/h5-6,11,15,17,22H,7-10,12-14H2,1-4H3/t17-/m0/s1. The summed E-state index contributed by atoms with van der Waals surface area (Å²) in [6.45, 7) is 9.90. The van der Waals surface area contributed by atoms with Gasteiger partial charge in [0, 0.05) is 45.4 Å². The first-order valence-corrected chi connectivity index (χ1v) is 8.85. The zero-order chi connectivity index (χ0) is 17.5. The minimum atomic E-state index is 0.253. The molecule has 1 saturated heterocycles. The highest BCUT2D eigenvalue weighted by molar-refractivity contribution is 5.42. The average Bonchev–Trinajstić information content (AvgIpc) is 2.57. The molecule has 1 aromatic carbocycles. The van der Waals surface area contributed by atoms with Gasteiger partial charge in [0.2, 0.25) is 0 Å². The molecule has 0 amide bonds. The van der Waals surface area contributed by atoms with Gasteiger partial charge in [-0.1, -0.05) is 19.9 Å². The van der Waals surface area contributed by atoms with Gasteiger partial charge in [0.25, 0.3) is 0 Å². The zero-order valence-corrected chi connectivity index (χ0v) is 15.5. The predicted molar refractivity (Wildman–Crippen MR) is 96.7 cm³/mol. The van der Waals surface area contributed by atoms with E-state index >= 15 is 0 Å². The molecule has 1 aliphatic heterocycles. The number of hydrogen-bond donors (Lipinski definition) is 1. The summed E-state index contributed by atoms with van der Waals surface area (Å²) < 4.78 is 10.7. The van der Waals surface area contributed by atoms with Gasteiger partial charge in [-0.15, -0.1) is 0 Å². The van der Waals surface area contributed by atoms with E-state index in [9.17, 15) is 5.11 Å². The molecule has 136 valence electrons. The highest BCUT2D eigenvalue weighted by Gasteiger charge is 2.27. The molecule has 24 heavy (non-hydrogen) atoms. The second kappa shape index (κ2) is 9.25. The van der Waals surface area contributed by atoms with Gasteiger partial charge >= 0.3 is 0 Å². The Kier molecular flexibility index (Phi) is 7.34. The zero-order valence-electron chi connectivity index (χ0n) is 15.5. The summed E-state index contributed by atoms with van der Waals surface area (Å²) in [5.41, 5.74) is 1.23. The van der Waals surface area contributed by atoms with Gasteiger partial charge in [0.1, 0.15) is 0 Å². The second-order valence-electron chi connectivity index (χ2n) is 6.98. The summed E-state index contributed by atoms with van der Waals surface area (Å²) in [7, 11) is 3.33. The Bertz CT molecular complexity index is 507. The fraction of sp³-hybridized carbons (Fsp3) is 0.684. The van der Waals surface area contributed by atoms with Crippen molar-refractivity contribution in [3.8, 4) is 11.5 Å². The van der Waals surface area contributed by atoms with E-state index in [-0.39, 0.29) is 6.61 Å². The SMILES string of the molecule is COc1ccc(CN2CCN(CC(C)C)[C@@H](CCO)C2)cc1OC. The molecule has 1 aromatic rings. The van der Waals surface area contributed by atoms with Gasteiger partial charge < -0.3 is 14.6 Å². The molecule has 1 atom stereocenters. The van der Waals surface area contributed by atoms with Crippen LogP contribution in [0.2, 0.25) is 0 Å². The Labute approximate surface area is 146 Å². The molecule has 1 N–H and O–H groups in total. The molecular formula is C19H32N2O3. The summed E-state index contributed by atoms with van der Waals surface area (Å²) in [5, 5.41) is 9.40. The van der Waals surface area contributed by atoms with Gasteiger partial charge in [-0.3, -0.25) is 9.80 Å². The Morgan fingerprint density at radius 3 is 2.54 bits per heavy atom. The van der Waals surface area contributed by atoms with Crippen LogP contribution in [0.15, 0.2) is 18.2 Å². The van der Waals surface area contributed by atoms with Crippen molar-refractivity contribution in [2.24, 2.45) is 5.92 Å². The van der Waals surface area contributed by atoms with E-state index < -0.39 is 0 Å². The molecule has 0 radical (unpaired) electrons. The Morgan fingerprint density at radius 1 is 1.17 bits per heavy atom. The van der Waals surface area contributed by atoms with Crippen LogP contribution in [0, 0.1) is 5.92 Å². The van der Waals surface area contributed by atoms with Crippen molar-refractivity contribution in [3.05, 3.63) is 23.8 Å².